The molecule has 0 aromatic heterocycles. The molecule has 1 atom stereocenters. The first-order valence-corrected chi connectivity index (χ1v) is 5.84. The van der Waals surface area contributed by atoms with Gasteiger partial charge in [-0.15, -0.1) is 0 Å². The van der Waals surface area contributed by atoms with E-state index in [-0.39, 0.29) is 11.8 Å². The molecule has 0 aliphatic heterocycles. The Balaban J connectivity index is 2.36. The molecule has 86 valence electrons. The highest BCUT2D eigenvalue weighted by Crippen LogP contribution is 2.46. The molecule has 4 heteroatoms. The van der Waals surface area contributed by atoms with Gasteiger partial charge in [-0.3, -0.25) is 0 Å². The van der Waals surface area contributed by atoms with Gasteiger partial charge >= 0.3 is 5.51 Å². The highest BCUT2D eigenvalue weighted by atomic mass is 32.2. The van der Waals surface area contributed by atoms with E-state index in [1.54, 1.807) is 18.2 Å². The summed E-state index contributed by atoms with van der Waals surface area (Å²) in [6, 6.07) is 7.32. The van der Waals surface area contributed by atoms with Crippen LogP contribution in [0, 0.1) is 0 Å². The second kappa shape index (κ2) is 4.17. The maximum atomic E-state index is 12.4. The predicted octanol–water partition coefficient (Wildman–Crippen LogP) is 4.79. The number of fused-ring (bicyclic) bond motifs is 1. The summed E-state index contributed by atoms with van der Waals surface area (Å²) in [5.74, 6) is 0.300. The Hall–Kier alpha value is -0.900. The molecule has 1 unspecified atom stereocenters. The Bertz CT molecular complexity index is 421. The van der Waals surface area contributed by atoms with Crippen LogP contribution in [0.2, 0.25) is 0 Å². The van der Waals surface area contributed by atoms with Crippen molar-refractivity contribution < 1.29 is 13.2 Å². The highest BCUT2D eigenvalue weighted by molar-refractivity contribution is 8.09. The Kier molecular flexibility index (Phi) is 3.02. The van der Waals surface area contributed by atoms with Crippen molar-refractivity contribution in [3.63, 3.8) is 0 Å². The quantitative estimate of drug-likeness (QED) is 0.684. The van der Waals surface area contributed by atoms with E-state index in [4.69, 9.17) is 0 Å². The van der Waals surface area contributed by atoms with Gasteiger partial charge in [-0.1, -0.05) is 37.3 Å². The van der Waals surface area contributed by atoms with Crippen LogP contribution in [0.3, 0.4) is 0 Å². The topological polar surface area (TPSA) is 0 Å². The van der Waals surface area contributed by atoms with Gasteiger partial charge in [-0.2, -0.15) is 13.2 Å². The number of hydrogen-bond donors (Lipinski definition) is 0. The molecule has 1 aliphatic carbocycles. The zero-order valence-corrected chi connectivity index (χ0v) is 9.53. The number of halogens is 3. The normalized spacial score (nSPS) is 20.2. The summed E-state index contributed by atoms with van der Waals surface area (Å²) in [5.41, 5.74) is -2.47. The van der Waals surface area contributed by atoms with Gasteiger partial charge in [0, 0.05) is 4.91 Å². The first-order chi connectivity index (χ1) is 7.47. The Morgan fingerprint density at radius 2 is 1.94 bits per heavy atom. The molecule has 0 saturated heterocycles. The summed E-state index contributed by atoms with van der Waals surface area (Å²) in [4.78, 5) is 0.334. The van der Waals surface area contributed by atoms with Gasteiger partial charge in [-0.25, -0.2) is 0 Å². The van der Waals surface area contributed by atoms with Crippen LogP contribution in [-0.4, -0.2) is 5.51 Å². The number of rotatable bonds is 1. The lowest BCUT2D eigenvalue weighted by Gasteiger charge is -2.22. The van der Waals surface area contributed by atoms with Gasteiger partial charge in [0.1, 0.15) is 0 Å². The molecule has 1 aromatic rings. The van der Waals surface area contributed by atoms with Crippen molar-refractivity contribution >= 4 is 16.7 Å². The summed E-state index contributed by atoms with van der Waals surface area (Å²) in [7, 11) is 0. The second-order valence-corrected chi connectivity index (χ2v) is 4.95. The fourth-order valence-electron chi connectivity index (χ4n) is 1.89. The third-order valence-corrected chi connectivity index (χ3v) is 3.48. The summed E-state index contributed by atoms with van der Waals surface area (Å²) < 4.78 is 37.1. The van der Waals surface area contributed by atoms with Crippen LogP contribution in [0.5, 0.6) is 0 Å². The third-order valence-electron chi connectivity index (χ3n) is 2.64. The zero-order valence-electron chi connectivity index (χ0n) is 8.71. The lowest BCUT2D eigenvalue weighted by Crippen LogP contribution is -2.06. The van der Waals surface area contributed by atoms with E-state index in [9.17, 15) is 13.2 Å². The van der Waals surface area contributed by atoms with Gasteiger partial charge < -0.3 is 0 Å². The minimum atomic E-state index is -4.21. The third kappa shape index (κ3) is 2.43. The van der Waals surface area contributed by atoms with Crippen molar-refractivity contribution in [1.82, 2.24) is 0 Å². The molecule has 0 fully saturated rings. The van der Waals surface area contributed by atoms with E-state index < -0.39 is 5.51 Å². The molecule has 0 saturated carbocycles. The number of benzene rings is 1. The van der Waals surface area contributed by atoms with Crippen LogP contribution < -0.4 is 0 Å². The van der Waals surface area contributed by atoms with Gasteiger partial charge in [-0.05, 0) is 35.2 Å². The minimum absolute atomic E-state index is 0.0165. The van der Waals surface area contributed by atoms with E-state index >= 15 is 0 Å². The lowest BCUT2D eigenvalue weighted by molar-refractivity contribution is -0.0317. The molecule has 1 aromatic carbocycles. The number of alkyl halides is 3. The smallest absolute Gasteiger partial charge is 0.160 e. The van der Waals surface area contributed by atoms with Gasteiger partial charge in [0.25, 0.3) is 0 Å². The van der Waals surface area contributed by atoms with Crippen LogP contribution in [0.15, 0.2) is 30.3 Å². The van der Waals surface area contributed by atoms with E-state index in [1.807, 2.05) is 19.1 Å². The monoisotopic (exact) mass is 244 g/mol. The highest BCUT2D eigenvalue weighted by Gasteiger charge is 2.32. The standard InChI is InChI=1S/C12H11F3S/c1-8-6-7-11(16-12(13,14)15)10-5-3-2-4-9(8)10/h2-5,7-8H,6H2,1H3. The molecule has 0 heterocycles. The molecular weight excluding hydrogens is 233 g/mol. The van der Waals surface area contributed by atoms with Crippen LogP contribution in [-0.2, 0) is 0 Å². The Morgan fingerprint density at radius 3 is 2.62 bits per heavy atom. The van der Waals surface area contributed by atoms with E-state index in [0.717, 1.165) is 11.1 Å². The number of allylic oxidation sites excluding steroid dienone is 1. The van der Waals surface area contributed by atoms with Crippen molar-refractivity contribution in [2.75, 3.05) is 0 Å². The predicted molar refractivity (Wildman–Crippen MR) is 61.1 cm³/mol. The van der Waals surface area contributed by atoms with E-state index in [1.165, 1.54) is 0 Å². The first kappa shape index (κ1) is 11.6. The van der Waals surface area contributed by atoms with Crippen molar-refractivity contribution in [1.29, 1.82) is 0 Å². The van der Waals surface area contributed by atoms with Crippen LogP contribution in [0.4, 0.5) is 13.2 Å². The summed E-state index contributed by atoms with van der Waals surface area (Å²) >= 11 is -0.0165. The fraction of sp³-hybridized carbons (Fsp3) is 0.333. The lowest BCUT2D eigenvalue weighted by atomic mass is 9.88. The molecular formula is C12H11F3S. The van der Waals surface area contributed by atoms with Gasteiger partial charge in [0.15, 0.2) is 0 Å². The van der Waals surface area contributed by atoms with Gasteiger partial charge in [0.2, 0.25) is 0 Å². The average Bonchev–Trinajstić information content (AvgIpc) is 2.21. The molecule has 0 radical (unpaired) electrons. The van der Waals surface area contributed by atoms with Crippen molar-refractivity contribution in [2.24, 2.45) is 0 Å². The molecule has 0 nitrogen and oxygen atoms in total. The maximum absolute atomic E-state index is 12.4. The fourth-order valence-corrected chi connectivity index (χ4v) is 2.62. The molecule has 16 heavy (non-hydrogen) atoms. The largest absolute Gasteiger partial charge is 0.446 e. The SMILES string of the molecule is CC1CC=C(SC(F)(F)F)c2ccccc21. The Morgan fingerprint density at radius 1 is 1.25 bits per heavy atom. The first-order valence-electron chi connectivity index (χ1n) is 5.02. The Labute approximate surface area is 96.5 Å². The molecule has 0 amide bonds. The molecule has 2 rings (SSSR count). The second-order valence-electron chi connectivity index (χ2n) is 3.84. The van der Waals surface area contributed by atoms with Crippen molar-refractivity contribution in [3.05, 3.63) is 41.5 Å². The summed E-state index contributed by atoms with van der Waals surface area (Å²) in [6.45, 7) is 2.03. The number of thioether (sulfide) groups is 1. The van der Waals surface area contributed by atoms with Crippen LogP contribution in [0.1, 0.15) is 30.4 Å². The van der Waals surface area contributed by atoms with Crippen molar-refractivity contribution in [2.45, 2.75) is 24.8 Å². The van der Waals surface area contributed by atoms with Crippen LogP contribution >= 0.6 is 11.8 Å². The van der Waals surface area contributed by atoms with Crippen molar-refractivity contribution in [3.8, 4) is 0 Å². The maximum Gasteiger partial charge on any atom is 0.446 e. The summed E-state index contributed by atoms with van der Waals surface area (Å²) in [6.07, 6.45) is 2.36. The zero-order chi connectivity index (χ0) is 11.8. The summed E-state index contributed by atoms with van der Waals surface area (Å²) in [5, 5.41) is 0. The van der Waals surface area contributed by atoms with Crippen LogP contribution in [0.25, 0.3) is 4.91 Å². The number of hydrogen-bond acceptors (Lipinski definition) is 1. The van der Waals surface area contributed by atoms with E-state index in [0.29, 0.717) is 17.2 Å². The minimum Gasteiger partial charge on any atom is -0.160 e. The molecule has 0 N–H and O–H groups in total. The molecule has 0 spiro atoms. The van der Waals surface area contributed by atoms with E-state index in [2.05, 4.69) is 0 Å². The average molecular weight is 244 g/mol. The van der Waals surface area contributed by atoms with Gasteiger partial charge in [0.05, 0.1) is 0 Å². The molecule has 1 aliphatic rings. The molecule has 0 bridgehead atoms.